The summed E-state index contributed by atoms with van der Waals surface area (Å²) in [5, 5.41) is 1.13. The first-order valence-electron chi connectivity index (χ1n) is 5.89. The van der Waals surface area contributed by atoms with E-state index in [1.54, 1.807) is 6.07 Å². The Morgan fingerprint density at radius 3 is 2.56 bits per heavy atom. The zero-order valence-corrected chi connectivity index (χ0v) is 12.4. The minimum atomic E-state index is -0.112. The number of aryl methyl sites for hydroxylation is 1. The molecule has 0 fully saturated rings. The fourth-order valence-electron chi connectivity index (χ4n) is 1.86. The molecule has 1 atom stereocenters. The van der Waals surface area contributed by atoms with Gasteiger partial charge in [-0.15, -0.1) is 11.3 Å². The zero-order chi connectivity index (χ0) is 13.1. The molecule has 0 amide bonds. The van der Waals surface area contributed by atoms with E-state index in [4.69, 9.17) is 28.9 Å². The summed E-state index contributed by atoms with van der Waals surface area (Å²) >= 11 is 14.0. The minimum Gasteiger partial charge on any atom is -0.324 e. The van der Waals surface area contributed by atoms with Crippen LogP contribution in [0.1, 0.15) is 28.3 Å². The summed E-state index contributed by atoms with van der Waals surface area (Å²) in [4.78, 5) is 2.67. The van der Waals surface area contributed by atoms with Gasteiger partial charge in [0.2, 0.25) is 0 Å². The third-order valence-corrected chi connectivity index (χ3v) is 4.95. The van der Waals surface area contributed by atoms with Crippen LogP contribution in [0.15, 0.2) is 30.3 Å². The summed E-state index contributed by atoms with van der Waals surface area (Å²) in [6, 6.07) is 9.79. The fraction of sp³-hybridized carbons (Fsp3) is 0.286. The lowest BCUT2D eigenvalue weighted by atomic mass is 10.0. The van der Waals surface area contributed by atoms with Crippen LogP contribution < -0.4 is 5.73 Å². The highest BCUT2D eigenvalue weighted by atomic mass is 35.5. The topological polar surface area (TPSA) is 26.0 Å². The summed E-state index contributed by atoms with van der Waals surface area (Å²) < 4.78 is 0. The van der Waals surface area contributed by atoms with E-state index in [1.807, 2.05) is 23.5 Å². The SMILES string of the molecule is CCc1ccc(CC(N)c2cccc(Cl)c2Cl)s1. The lowest BCUT2D eigenvalue weighted by Gasteiger charge is -2.13. The van der Waals surface area contributed by atoms with Crippen molar-refractivity contribution in [2.75, 3.05) is 0 Å². The highest BCUT2D eigenvalue weighted by molar-refractivity contribution is 7.11. The van der Waals surface area contributed by atoms with E-state index in [9.17, 15) is 0 Å². The molecule has 0 aliphatic rings. The Balaban J connectivity index is 2.16. The number of benzene rings is 1. The molecular formula is C14H15Cl2NS. The van der Waals surface area contributed by atoms with Crippen molar-refractivity contribution in [3.63, 3.8) is 0 Å². The second-order valence-electron chi connectivity index (χ2n) is 4.18. The molecule has 0 saturated heterocycles. The summed E-state index contributed by atoms with van der Waals surface area (Å²) in [7, 11) is 0. The lowest BCUT2D eigenvalue weighted by Crippen LogP contribution is -2.13. The first-order valence-corrected chi connectivity index (χ1v) is 7.46. The van der Waals surface area contributed by atoms with Gasteiger partial charge in [0.25, 0.3) is 0 Å². The van der Waals surface area contributed by atoms with Crippen LogP contribution in [0.5, 0.6) is 0 Å². The molecule has 1 unspecified atom stereocenters. The third kappa shape index (κ3) is 3.07. The normalized spacial score (nSPS) is 12.7. The van der Waals surface area contributed by atoms with Crippen molar-refractivity contribution in [3.8, 4) is 0 Å². The van der Waals surface area contributed by atoms with Gasteiger partial charge in [-0.2, -0.15) is 0 Å². The minimum absolute atomic E-state index is 0.112. The van der Waals surface area contributed by atoms with E-state index < -0.39 is 0 Å². The van der Waals surface area contributed by atoms with Gasteiger partial charge < -0.3 is 5.73 Å². The molecule has 2 N–H and O–H groups in total. The Bertz CT molecular complexity index is 536. The molecule has 0 aliphatic heterocycles. The number of nitrogens with two attached hydrogens (primary N) is 1. The summed E-state index contributed by atoms with van der Waals surface area (Å²) in [5.41, 5.74) is 7.12. The molecule has 18 heavy (non-hydrogen) atoms. The van der Waals surface area contributed by atoms with Crippen molar-refractivity contribution in [1.82, 2.24) is 0 Å². The van der Waals surface area contributed by atoms with E-state index in [-0.39, 0.29) is 6.04 Å². The number of hydrogen-bond donors (Lipinski definition) is 1. The summed E-state index contributed by atoms with van der Waals surface area (Å²) in [6.45, 7) is 2.16. The Labute approximate surface area is 122 Å². The predicted molar refractivity (Wildman–Crippen MR) is 80.8 cm³/mol. The first-order chi connectivity index (χ1) is 8.61. The number of halogens is 2. The van der Waals surface area contributed by atoms with Gasteiger partial charge in [-0.05, 0) is 30.2 Å². The van der Waals surface area contributed by atoms with Gasteiger partial charge in [0.05, 0.1) is 10.0 Å². The van der Waals surface area contributed by atoms with E-state index in [0.717, 1.165) is 18.4 Å². The molecule has 2 rings (SSSR count). The van der Waals surface area contributed by atoms with Gasteiger partial charge in [-0.1, -0.05) is 42.3 Å². The van der Waals surface area contributed by atoms with Crippen LogP contribution in [0.25, 0.3) is 0 Å². The smallest absolute Gasteiger partial charge is 0.0640 e. The van der Waals surface area contributed by atoms with Crippen molar-refractivity contribution >= 4 is 34.5 Å². The molecule has 0 radical (unpaired) electrons. The van der Waals surface area contributed by atoms with Crippen LogP contribution in [0.4, 0.5) is 0 Å². The molecule has 1 aromatic carbocycles. The lowest BCUT2D eigenvalue weighted by molar-refractivity contribution is 0.730. The highest BCUT2D eigenvalue weighted by Crippen LogP contribution is 2.31. The van der Waals surface area contributed by atoms with E-state index >= 15 is 0 Å². The fourth-order valence-corrected chi connectivity index (χ4v) is 3.32. The number of hydrogen-bond acceptors (Lipinski definition) is 2. The molecule has 4 heteroatoms. The molecule has 0 saturated carbocycles. The van der Waals surface area contributed by atoms with Crippen LogP contribution in [0.3, 0.4) is 0 Å². The van der Waals surface area contributed by atoms with E-state index in [0.29, 0.717) is 10.0 Å². The second-order valence-corrected chi connectivity index (χ2v) is 6.21. The van der Waals surface area contributed by atoms with Gasteiger partial charge >= 0.3 is 0 Å². The Kier molecular flexibility index (Phi) is 4.68. The molecule has 1 heterocycles. The quantitative estimate of drug-likeness (QED) is 0.857. The van der Waals surface area contributed by atoms with Crippen LogP contribution in [0, 0.1) is 0 Å². The van der Waals surface area contributed by atoms with Crippen molar-refractivity contribution in [3.05, 3.63) is 55.7 Å². The number of thiophene rings is 1. The maximum absolute atomic E-state index is 6.21. The van der Waals surface area contributed by atoms with Crippen molar-refractivity contribution in [2.45, 2.75) is 25.8 Å². The van der Waals surface area contributed by atoms with Crippen LogP contribution in [-0.4, -0.2) is 0 Å². The molecule has 0 aliphatic carbocycles. The maximum atomic E-state index is 6.21. The van der Waals surface area contributed by atoms with E-state index in [1.165, 1.54) is 9.75 Å². The molecule has 0 spiro atoms. The standard InChI is InChI=1S/C14H15Cl2NS/c1-2-9-6-7-10(18-9)8-13(17)11-4-3-5-12(15)14(11)16/h3-7,13H,2,8,17H2,1H3. The van der Waals surface area contributed by atoms with Crippen molar-refractivity contribution in [1.29, 1.82) is 0 Å². The monoisotopic (exact) mass is 299 g/mol. The van der Waals surface area contributed by atoms with Crippen LogP contribution in [-0.2, 0) is 12.8 Å². The summed E-state index contributed by atoms with van der Waals surface area (Å²) in [6.07, 6.45) is 1.86. The second kappa shape index (κ2) is 6.07. The Morgan fingerprint density at radius 2 is 1.89 bits per heavy atom. The van der Waals surface area contributed by atoms with Crippen LogP contribution in [0.2, 0.25) is 10.0 Å². The molecular weight excluding hydrogens is 285 g/mol. The van der Waals surface area contributed by atoms with Gasteiger partial charge in [-0.3, -0.25) is 0 Å². The third-order valence-electron chi connectivity index (χ3n) is 2.87. The van der Waals surface area contributed by atoms with E-state index in [2.05, 4.69) is 19.1 Å². The van der Waals surface area contributed by atoms with Gasteiger partial charge in [0, 0.05) is 22.2 Å². The van der Waals surface area contributed by atoms with Gasteiger partial charge in [0.1, 0.15) is 0 Å². The van der Waals surface area contributed by atoms with Crippen LogP contribution >= 0.6 is 34.5 Å². The molecule has 0 bridgehead atoms. The zero-order valence-electron chi connectivity index (χ0n) is 10.1. The van der Waals surface area contributed by atoms with Gasteiger partial charge in [-0.25, -0.2) is 0 Å². The van der Waals surface area contributed by atoms with Gasteiger partial charge in [0.15, 0.2) is 0 Å². The van der Waals surface area contributed by atoms with Crippen molar-refractivity contribution in [2.24, 2.45) is 5.73 Å². The summed E-state index contributed by atoms with van der Waals surface area (Å²) in [5.74, 6) is 0. The predicted octanol–water partition coefficient (Wildman–Crippen LogP) is 4.86. The maximum Gasteiger partial charge on any atom is 0.0640 e. The van der Waals surface area contributed by atoms with Crippen molar-refractivity contribution < 1.29 is 0 Å². The largest absolute Gasteiger partial charge is 0.324 e. The average Bonchev–Trinajstić information content (AvgIpc) is 2.80. The molecule has 96 valence electrons. The molecule has 1 aromatic heterocycles. The first kappa shape index (κ1) is 13.9. The molecule has 2 aromatic rings. The Hall–Kier alpha value is -0.540. The Morgan fingerprint density at radius 1 is 1.17 bits per heavy atom. The number of rotatable bonds is 4. The average molecular weight is 300 g/mol. The highest BCUT2D eigenvalue weighted by Gasteiger charge is 2.13. The molecule has 1 nitrogen and oxygen atoms in total.